The third-order valence-electron chi connectivity index (χ3n) is 4.74. The second-order valence-electron chi connectivity index (χ2n) is 7.45. The molecular formula is C23H26N4O2S. The molecule has 7 heteroatoms. The summed E-state index contributed by atoms with van der Waals surface area (Å²) in [5.74, 6) is 3.62. The van der Waals surface area contributed by atoms with E-state index in [2.05, 4.69) is 59.1 Å². The summed E-state index contributed by atoms with van der Waals surface area (Å²) in [6.45, 7) is 1.53. The van der Waals surface area contributed by atoms with E-state index in [1.807, 2.05) is 36.4 Å². The lowest BCUT2D eigenvalue weighted by Crippen LogP contribution is -2.10. The van der Waals surface area contributed by atoms with E-state index in [1.54, 1.807) is 11.8 Å². The van der Waals surface area contributed by atoms with Crippen molar-refractivity contribution in [3.05, 3.63) is 66.2 Å². The van der Waals surface area contributed by atoms with Crippen LogP contribution in [0.15, 0.2) is 59.1 Å². The Morgan fingerprint density at radius 2 is 1.93 bits per heavy atom. The number of hydrogen-bond donors (Lipinski definition) is 0. The minimum Gasteiger partial charge on any atom is -0.493 e. The SMILES string of the molecule is CN(C)Cc1cn(C)c2ccc(-c3nnc(CSCCOc4ccccc4)o3)cc12. The van der Waals surface area contributed by atoms with Crippen LogP contribution in [-0.4, -0.2) is 46.1 Å². The van der Waals surface area contributed by atoms with Gasteiger partial charge in [0, 0.05) is 42.0 Å². The number of thioether (sulfide) groups is 1. The van der Waals surface area contributed by atoms with Crippen LogP contribution in [0, 0.1) is 0 Å². The van der Waals surface area contributed by atoms with E-state index in [0.717, 1.165) is 23.6 Å². The minimum atomic E-state index is 0.563. The van der Waals surface area contributed by atoms with Crippen LogP contribution in [-0.2, 0) is 19.3 Å². The van der Waals surface area contributed by atoms with Crippen molar-refractivity contribution in [2.75, 3.05) is 26.5 Å². The number of rotatable bonds is 9. The maximum absolute atomic E-state index is 5.91. The lowest BCUT2D eigenvalue weighted by molar-refractivity contribution is 0.344. The first kappa shape index (κ1) is 20.5. The molecule has 0 bridgehead atoms. The molecule has 0 aliphatic rings. The van der Waals surface area contributed by atoms with Gasteiger partial charge in [-0.25, -0.2) is 0 Å². The van der Waals surface area contributed by atoms with E-state index < -0.39 is 0 Å². The quantitative estimate of drug-likeness (QED) is 0.367. The van der Waals surface area contributed by atoms with Crippen molar-refractivity contribution in [1.82, 2.24) is 19.7 Å². The van der Waals surface area contributed by atoms with Gasteiger partial charge >= 0.3 is 0 Å². The molecule has 0 saturated heterocycles. The highest BCUT2D eigenvalue weighted by Crippen LogP contribution is 2.28. The van der Waals surface area contributed by atoms with Gasteiger partial charge in [-0.05, 0) is 50.0 Å². The van der Waals surface area contributed by atoms with Crippen LogP contribution in [0.4, 0.5) is 0 Å². The van der Waals surface area contributed by atoms with E-state index in [-0.39, 0.29) is 0 Å². The summed E-state index contributed by atoms with van der Waals surface area (Å²) in [6, 6.07) is 16.1. The van der Waals surface area contributed by atoms with Crippen LogP contribution < -0.4 is 4.74 Å². The molecule has 30 heavy (non-hydrogen) atoms. The average molecular weight is 423 g/mol. The van der Waals surface area contributed by atoms with Gasteiger partial charge in [0.15, 0.2) is 0 Å². The Kier molecular flexibility index (Phi) is 6.40. The first-order valence-corrected chi connectivity index (χ1v) is 11.1. The monoisotopic (exact) mass is 422 g/mol. The van der Waals surface area contributed by atoms with E-state index >= 15 is 0 Å². The largest absolute Gasteiger partial charge is 0.493 e. The first-order chi connectivity index (χ1) is 14.6. The zero-order chi connectivity index (χ0) is 20.9. The van der Waals surface area contributed by atoms with Crippen LogP contribution in [0.1, 0.15) is 11.5 Å². The number of fused-ring (bicyclic) bond motifs is 1. The smallest absolute Gasteiger partial charge is 0.247 e. The van der Waals surface area contributed by atoms with Gasteiger partial charge in [0.25, 0.3) is 0 Å². The predicted molar refractivity (Wildman–Crippen MR) is 122 cm³/mol. The topological polar surface area (TPSA) is 56.3 Å². The second kappa shape index (κ2) is 9.36. The Balaban J connectivity index is 1.38. The fraction of sp³-hybridized carbons (Fsp3) is 0.304. The summed E-state index contributed by atoms with van der Waals surface area (Å²) in [4.78, 5) is 2.17. The maximum atomic E-state index is 5.91. The van der Waals surface area contributed by atoms with E-state index in [4.69, 9.17) is 9.15 Å². The Labute approximate surface area is 180 Å². The molecule has 0 N–H and O–H groups in total. The minimum absolute atomic E-state index is 0.563. The standard InChI is InChI=1S/C23H26N4O2S/c1-26(2)14-18-15-27(3)21-10-9-17(13-20(18)21)23-25-24-22(29-23)16-30-12-11-28-19-7-5-4-6-8-19/h4-10,13,15H,11-12,14,16H2,1-3H3. The lowest BCUT2D eigenvalue weighted by atomic mass is 10.1. The summed E-state index contributed by atoms with van der Waals surface area (Å²) in [5.41, 5.74) is 3.43. The van der Waals surface area contributed by atoms with Gasteiger partial charge in [0.2, 0.25) is 11.8 Å². The number of ether oxygens (including phenoxy) is 1. The number of hydrogen-bond acceptors (Lipinski definition) is 6. The molecule has 0 atom stereocenters. The molecule has 2 aromatic carbocycles. The van der Waals surface area contributed by atoms with Gasteiger partial charge in [0.1, 0.15) is 5.75 Å². The summed E-state index contributed by atoms with van der Waals surface area (Å²) in [5, 5.41) is 9.69. The summed E-state index contributed by atoms with van der Waals surface area (Å²) >= 11 is 1.72. The van der Waals surface area contributed by atoms with Gasteiger partial charge in [-0.3, -0.25) is 0 Å². The zero-order valence-electron chi connectivity index (χ0n) is 17.5. The van der Waals surface area contributed by atoms with Crippen molar-refractivity contribution in [1.29, 1.82) is 0 Å². The van der Waals surface area contributed by atoms with Crippen molar-refractivity contribution in [2.45, 2.75) is 12.3 Å². The predicted octanol–water partition coefficient (Wildman–Crippen LogP) is 4.60. The highest BCUT2D eigenvalue weighted by molar-refractivity contribution is 7.98. The summed E-state index contributed by atoms with van der Waals surface area (Å²) in [6.07, 6.45) is 2.18. The first-order valence-electron chi connectivity index (χ1n) is 9.91. The number of aryl methyl sites for hydroxylation is 1. The molecule has 0 aliphatic carbocycles. The highest BCUT2D eigenvalue weighted by atomic mass is 32.2. The average Bonchev–Trinajstić information content (AvgIpc) is 3.33. The molecule has 4 rings (SSSR count). The van der Waals surface area contributed by atoms with Crippen molar-refractivity contribution >= 4 is 22.7 Å². The molecule has 4 aromatic rings. The van der Waals surface area contributed by atoms with E-state index in [9.17, 15) is 0 Å². The van der Waals surface area contributed by atoms with Crippen molar-refractivity contribution in [2.24, 2.45) is 7.05 Å². The number of nitrogens with zero attached hydrogens (tertiary/aromatic N) is 4. The zero-order valence-corrected chi connectivity index (χ0v) is 18.4. The molecular weight excluding hydrogens is 396 g/mol. The van der Waals surface area contributed by atoms with E-state index in [0.29, 0.717) is 24.1 Å². The van der Waals surface area contributed by atoms with Crippen molar-refractivity contribution in [3.8, 4) is 17.2 Å². The summed E-state index contributed by atoms with van der Waals surface area (Å²) in [7, 11) is 6.23. The van der Waals surface area contributed by atoms with Crippen LogP contribution in [0.25, 0.3) is 22.4 Å². The Morgan fingerprint density at radius 1 is 1.10 bits per heavy atom. The van der Waals surface area contributed by atoms with Crippen LogP contribution >= 0.6 is 11.8 Å². The molecule has 0 saturated carbocycles. The summed E-state index contributed by atoms with van der Waals surface area (Å²) < 4.78 is 13.8. The highest BCUT2D eigenvalue weighted by Gasteiger charge is 2.13. The molecule has 156 valence electrons. The molecule has 6 nitrogen and oxygen atoms in total. The molecule has 0 fully saturated rings. The van der Waals surface area contributed by atoms with Crippen LogP contribution in [0.2, 0.25) is 0 Å². The third-order valence-corrected chi connectivity index (χ3v) is 5.64. The number of para-hydroxylation sites is 1. The Hall–Kier alpha value is -2.77. The molecule has 0 spiro atoms. The Morgan fingerprint density at radius 3 is 2.73 bits per heavy atom. The maximum Gasteiger partial charge on any atom is 0.247 e. The van der Waals surface area contributed by atoms with Crippen molar-refractivity contribution in [3.63, 3.8) is 0 Å². The van der Waals surface area contributed by atoms with Gasteiger partial charge in [0.05, 0.1) is 12.4 Å². The molecule has 0 aliphatic heterocycles. The molecule has 2 heterocycles. The molecule has 0 unspecified atom stereocenters. The number of benzene rings is 2. The Bertz CT molecular complexity index is 1110. The molecule has 0 amide bonds. The third kappa shape index (κ3) is 4.86. The number of aromatic nitrogens is 3. The van der Waals surface area contributed by atoms with Gasteiger partial charge in [-0.15, -0.1) is 22.0 Å². The second-order valence-corrected chi connectivity index (χ2v) is 8.56. The van der Waals surface area contributed by atoms with Crippen molar-refractivity contribution < 1.29 is 9.15 Å². The fourth-order valence-corrected chi connectivity index (χ4v) is 4.03. The molecule has 2 aromatic heterocycles. The lowest BCUT2D eigenvalue weighted by Gasteiger charge is -2.08. The fourth-order valence-electron chi connectivity index (χ4n) is 3.40. The van der Waals surface area contributed by atoms with Gasteiger partial charge in [-0.1, -0.05) is 18.2 Å². The van der Waals surface area contributed by atoms with Crippen LogP contribution in [0.5, 0.6) is 5.75 Å². The molecule has 0 radical (unpaired) electrons. The van der Waals surface area contributed by atoms with Gasteiger partial charge in [-0.2, -0.15) is 0 Å². The van der Waals surface area contributed by atoms with E-state index in [1.165, 1.54) is 16.5 Å². The normalized spacial score (nSPS) is 11.5. The van der Waals surface area contributed by atoms with Gasteiger partial charge < -0.3 is 18.6 Å². The van der Waals surface area contributed by atoms with Crippen LogP contribution in [0.3, 0.4) is 0 Å².